The van der Waals surface area contributed by atoms with Crippen LogP contribution in [0.3, 0.4) is 0 Å². The Labute approximate surface area is 113 Å². The number of carbonyl (C=O) groups excluding carboxylic acids is 2. The normalized spacial score (nSPS) is 27.7. The fourth-order valence-electron chi connectivity index (χ4n) is 2.58. The smallest absolute Gasteiger partial charge is 0.408 e. The first-order chi connectivity index (χ1) is 8.87. The molecule has 108 valence electrons. The fraction of sp³-hybridized carbons (Fsp3) is 0.846. The van der Waals surface area contributed by atoms with Gasteiger partial charge in [0.15, 0.2) is 0 Å². The van der Waals surface area contributed by atoms with Crippen LogP contribution in [0.2, 0.25) is 0 Å². The van der Waals surface area contributed by atoms with Crippen molar-refractivity contribution in [3.05, 3.63) is 0 Å². The second-order valence-corrected chi connectivity index (χ2v) is 6.18. The van der Waals surface area contributed by atoms with E-state index in [4.69, 9.17) is 4.74 Å². The van der Waals surface area contributed by atoms with Gasteiger partial charge in [0, 0.05) is 25.7 Å². The molecule has 2 aliphatic heterocycles. The topological polar surface area (TPSA) is 70.7 Å². The molecule has 0 radical (unpaired) electrons. The van der Waals surface area contributed by atoms with Gasteiger partial charge in [0.25, 0.3) is 0 Å². The maximum absolute atomic E-state index is 12.3. The van der Waals surface area contributed by atoms with Crippen LogP contribution < -0.4 is 10.6 Å². The van der Waals surface area contributed by atoms with Gasteiger partial charge in [0.2, 0.25) is 5.91 Å². The molecule has 0 aromatic heterocycles. The van der Waals surface area contributed by atoms with Crippen LogP contribution in [0.5, 0.6) is 0 Å². The minimum absolute atomic E-state index is 0.00152. The molecule has 2 atom stereocenters. The van der Waals surface area contributed by atoms with Gasteiger partial charge in [-0.05, 0) is 33.6 Å². The summed E-state index contributed by atoms with van der Waals surface area (Å²) in [5.41, 5.74) is -0.554. The summed E-state index contributed by atoms with van der Waals surface area (Å²) in [6.45, 7) is 7.46. The summed E-state index contributed by atoms with van der Waals surface area (Å²) in [4.78, 5) is 26.0. The van der Waals surface area contributed by atoms with Gasteiger partial charge in [-0.25, -0.2) is 4.79 Å². The first-order valence-corrected chi connectivity index (χ1v) is 6.87. The lowest BCUT2D eigenvalue weighted by Gasteiger charge is -2.26. The Balaban J connectivity index is 1.95. The van der Waals surface area contributed by atoms with Gasteiger partial charge in [0.1, 0.15) is 11.6 Å². The van der Waals surface area contributed by atoms with Gasteiger partial charge in [0.05, 0.1) is 0 Å². The van der Waals surface area contributed by atoms with E-state index < -0.39 is 17.7 Å². The highest BCUT2D eigenvalue weighted by molar-refractivity contribution is 5.86. The van der Waals surface area contributed by atoms with E-state index in [0.29, 0.717) is 6.54 Å². The molecule has 2 N–H and O–H groups in total. The van der Waals surface area contributed by atoms with Crippen LogP contribution >= 0.6 is 0 Å². The van der Waals surface area contributed by atoms with Crippen molar-refractivity contribution >= 4 is 12.0 Å². The van der Waals surface area contributed by atoms with E-state index in [9.17, 15) is 9.59 Å². The lowest BCUT2D eigenvalue weighted by atomic mass is 10.2. The van der Waals surface area contributed by atoms with Crippen molar-refractivity contribution < 1.29 is 14.3 Å². The van der Waals surface area contributed by atoms with Crippen LogP contribution in [0, 0.1) is 0 Å². The number of alkyl carbamates (subject to hydrolysis) is 1. The Bertz CT molecular complexity index is 365. The van der Waals surface area contributed by atoms with Crippen molar-refractivity contribution in [3.8, 4) is 0 Å². The number of fused-ring (bicyclic) bond motifs is 1. The van der Waals surface area contributed by atoms with E-state index in [0.717, 1.165) is 25.9 Å². The summed E-state index contributed by atoms with van der Waals surface area (Å²) in [6, 6.07) is -0.254. The molecule has 0 aliphatic carbocycles. The summed E-state index contributed by atoms with van der Waals surface area (Å²) >= 11 is 0. The molecule has 2 heterocycles. The van der Waals surface area contributed by atoms with E-state index >= 15 is 0 Å². The summed E-state index contributed by atoms with van der Waals surface area (Å²) in [5, 5.41) is 5.90. The molecule has 0 spiro atoms. The predicted molar refractivity (Wildman–Crippen MR) is 70.8 cm³/mol. The van der Waals surface area contributed by atoms with Crippen LogP contribution in [-0.4, -0.2) is 54.2 Å². The SMILES string of the molecule is CC(C)(C)OC(=O)N[C@H]1CNC[C@H]2CCCN2C1=O. The molecule has 0 aromatic rings. The number of ether oxygens (including phenoxy) is 1. The molecule has 2 fully saturated rings. The quantitative estimate of drug-likeness (QED) is 0.726. The van der Waals surface area contributed by atoms with Crippen molar-refractivity contribution in [2.24, 2.45) is 0 Å². The van der Waals surface area contributed by atoms with Crippen molar-refractivity contribution in [1.82, 2.24) is 15.5 Å². The van der Waals surface area contributed by atoms with E-state index in [1.165, 1.54) is 0 Å². The number of hydrogen-bond donors (Lipinski definition) is 2. The van der Waals surface area contributed by atoms with Crippen LogP contribution in [0.25, 0.3) is 0 Å². The lowest BCUT2D eigenvalue weighted by molar-refractivity contribution is -0.133. The minimum Gasteiger partial charge on any atom is -0.444 e. The van der Waals surface area contributed by atoms with Crippen molar-refractivity contribution in [3.63, 3.8) is 0 Å². The number of nitrogens with one attached hydrogen (secondary N) is 2. The van der Waals surface area contributed by atoms with Crippen LogP contribution in [-0.2, 0) is 9.53 Å². The number of rotatable bonds is 1. The monoisotopic (exact) mass is 269 g/mol. The first-order valence-electron chi connectivity index (χ1n) is 6.87. The van der Waals surface area contributed by atoms with Gasteiger partial charge in [-0.2, -0.15) is 0 Å². The molecule has 2 aliphatic rings. The third-order valence-corrected chi connectivity index (χ3v) is 3.38. The van der Waals surface area contributed by atoms with E-state index in [1.807, 2.05) is 4.90 Å². The molecular formula is C13H23N3O3. The van der Waals surface area contributed by atoms with Crippen LogP contribution in [0.15, 0.2) is 0 Å². The summed E-state index contributed by atoms with van der Waals surface area (Å²) in [5.74, 6) is -0.00152. The highest BCUT2D eigenvalue weighted by atomic mass is 16.6. The number of carbonyl (C=O) groups is 2. The highest BCUT2D eigenvalue weighted by Crippen LogP contribution is 2.19. The van der Waals surface area contributed by atoms with Gasteiger partial charge in [-0.3, -0.25) is 4.79 Å². The summed E-state index contributed by atoms with van der Waals surface area (Å²) < 4.78 is 5.19. The Kier molecular flexibility index (Phi) is 3.99. The summed E-state index contributed by atoms with van der Waals surface area (Å²) in [6.07, 6.45) is 1.54. The number of amides is 2. The molecule has 0 unspecified atom stereocenters. The molecule has 0 saturated carbocycles. The van der Waals surface area contributed by atoms with Gasteiger partial charge in [-0.1, -0.05) is 0 Å². The van der Waals surface area contributed by atoms with E-state index in [2.05, 4.69) is 10.6 Å². The second-order valence-electron chi connectivity index (χ2n) is 6.18. The van der Waals surface area contributed by atoms with Crippen molar-refractivity contribution in [1.29, 1.82) is 0 Å². The highest BCUT2D eigenvalue weighted by Gasteiger charge is 2.36. The van der Waals surface area contributed by atoms with Crippen LogP contribution in [0.1, 0.15) is 33.6 Å². The Morgan fingerprint density at radius 2 is 2.16 bits per heavy atom. The maximum Gasteiger partial charge on any atom is 0.408 e. The summed E-state index contributed by atoms with van der Waals surface area (Å²) in [7, 11) is 0. The van der Waals surface area contributed by atoms with Gasteiger partial charge >= 0.3 is 6.09 Å². The Morgan fingerprint density at radius 3 is 2.84 bits per heavy atom. The van der Waals surface area contributed by atoms with Crippen molar-refractivity contribution in [2.45, 2.75) is 51.3 Å². The van der Waals surface area contributed by atoms with Crippen molar-refractivity contribution in [2.75, 3.05) is 19.6 Å². The lowest BCUT2D eigenvalue weighted by Crippen LogP contribution is -2.51. The average Bonchev–Trinajstić information content (AvgIpc) is 2.67. The van der Waals surface area contributed by atoms with Gasteiger partial charge < -0.3 is 20.3 Å². The zero-order valence-corrected chi connectivity index (χ0v) is 11.9. The molecule has 6 nitrogen and oxygen atoms in total. The second kappa shape index (κ2) is 5.36. The molecule has 19 heavy (non-hydrogen) atoms. The third-order valence-electron chi connectivity index (χ3n) is 3.38. The fourth-order valence-corrected chi connectivity index (χ4v) is 2.58. The molecular weight excluding hydrogens is 246 g/mol. The van der Waals surface area contributed by atoms with Crippen LogP contribution in [0.4, 0.5) is 4.79 Å². The zero-order valence-electron chi connectivity index (χ0n) is 11.9. The Hall–Kier alpha value is -1.30. The number of hydrogen-bond acceptors (Lipinski definition) is 4. The Morgan fingerprint density at radius 1 is 1.42 bits per heavy atom. The molecule has 2 saturated heterocycles. The zero-order chi connectivity index (χ0) is 14.0. The van der Waals surface area contributed by atoms with Gasteiger partial charge in [-0.15, -0.1) is 0 Å². The number of nitrogens with zero attached hydrogens (tertiary/aromatic N) is 1. The maximum atomic E-state index is 12.3. The van der Waals surface area contributed by atoms with E-state index in [-0.39, 0.29) is 11.9 Å². The predicted octanol–water partition coefficient (Wildman–Crippen LogP) is 0.474. The molecule has 2 rings (SSSR count). The first kappa shape index (κ1) is 14.1. The molecule has 2 amide bonds. The molecule has 0 aromatic carbocycles. The molecule has 0 bridgehead atoms. The molecule has 6 heteroatoms. The minimum atomic E-state index is -0.554. The van der Waals surface area contributed by atoms with E-state index in [1.54, 1.807) is 20.8 Å². The average molecular weight is 269 g/mol. The standard InChI is InChI=1S/C13H23N3O3/c1-13(2,3)19-12(18)15-10-8-14-7-9-5-4-6-16(9)11(10)17/h9-10,14H,4-8H2,1-3H3,(H,15,18)/t9-,10+/m1/s1. The largest absolute Gasteiger partial charge is 0.444 e. The third kappa shape index (κ3) is 3.59.